The second kappa shape index (κ2) is 12.6. The van der Waals surface area contributed by atoms with Crippen LogP contribution in [0, 0.1) is 13.8 Å². The van der Waals surface area contributed by atoms with Gasteiger partial charge in [0.1, 0.15) is 11.5 Å². The number of guanidine groups is 1. The molecule has 0 unspecified atom stereocenters. The molecule has 0 atom stereocenters. The van der Waals surface area contributed by atoms with E-state index in [-0.39, 0.29) is 36.3 Å². The molecule has 2 aromatic rings. The molecule has 0 radical (unpaired) electrons. The monoisotopic (exact) mass is 537 g/mol. The Bertz CT molecular complexity index is 843. The van der Waals surface area contributed by atoms with E-state index in [2.05, 4.69) is 25.5 Å². The predicted molar refractivity (Wildman–Crippen MR) is 124 cm³/mol. The highest BCUT2D eigenvalue weighted by Crippen LogP contribution is 2.26. The molecule has 0 saturated carbocycles. The van der Waals surface area contributed by atoms with E-state index >= 15 is 0 Å². The molecular weight excluding hydrogens is 507 g/mol. The molecule has 1 aromatic carbocycles. The second-order valence-electron chi connectivity index (χ2n) is 6.50. The predicted octanol–water partition coefficient (Wildman–Crippen LogP) is 3.56. The molecule has 0 saturated heterocycles. The lowest BCUT2D eigenvalue weighted by atomic mass is 10.1. The Morgan fingerprint density at radius 2 is 2.00 bits per heavy atom. The van der Waals surface area contributed by atoms with E-state index in [1.807, 2.05) is 32.5 Å². The normalized spacial score (nSPS) is 11.3. The summed E-state index contributed by atoms with van der Waals surface area (Å²) in [6, 6.07) is 4.68. The third-order valence-electron chi connectivity index (χ3n) is 4.56. The molecule has 0 bridgehead atoms. The minimum Gasteiger partial charge on any atom is -0.497 e. The highest BCUT2D eigenvalue weighted by Gasteiger charge is 2.12. The van der Waals surface area contributed by atoms with Crippen molar-refractivity contribution < 1.29 is 18.3 Å². The number of halogens is 3. The number of ether oxygens (including phenoxy) is 2. The molecular formula is C20H30F2IN5O2. The molecule has 0 spiro atoms. The van der Waals surface area contributed by atoms with E-state index in [9.17, 15) is 8.78 Å². The molecule has 2 rings (SSSR count). The molecule has 30 heavy (non-hydrogen) atoms. The second-order valence-corrected chi connectivity index (χ2v) is 6.50. The quantitative estimate of drug-likeness (QED) is 0.291. The van der Waals surface area contributed by atoms with Crippen molar-refractivity contribution in [2.75, 3.05) is 20.2 Å². The summed E-state index contributed by atoms with van der Waals surface area (Å²) in [4.78, 5) is 4.50. The van der Waals surface area contributed by atoms with Gasteiger partial charge in [-0.3, -0.25) is 4.68 Å². The van der Waals surface area contributed by atoms with Gasteiger partial charge >= 0.3 is 6.61 Å². The fourth-order valence-electron chi connectivity index (χ4n) is 3.01. The molecule has 7 nitrogen and oxygen atoms in total. The standard InChI is InChI=1S/C20H29F2N5O2.HI/c1-6-23-20(24-10-9-17-13(2)26-27(4)14(17)3)25-12-15-11-16(28-5)7-8-18(15)29-19(21)22;/h7-8,11,19H,6,9-10,12H2,1-5H3,(H2,23,24,25);1H. The number of rotatable bonds is 9. The van der Waals surface area contributed by atoms with Gasteiger partial charge in [0.2, 0.25) is 0 Å². The van der Waals surface area contributed by atoms with Gasteiger partial charge < -0.3 is 20.1 Å². The van der Waals surface area contributed by atoms with Crippen LogP contribution in [0.25, 0.3) is 0 Å². The first-order chi connectivity index (χ1) is 13.8. The molecule has 0 aliphatic rings. The number of nitrogens with zero attached hydrogens (tertiary/aromatic N) is 3. The summed E-state index contributed by atoms with van der Waals surface area (Å²) >= 11 is 0. The molecule has 0 aliphatic heterocycles. The van der Waals surface area contributed by atoms with Gasteiger partial charge in [0.05, 0.1) is 19.3 Å². The van der Waals surface area contributed by atoms with Crippen LogP contribution in [0.5, 0.6) is 11.5 Å². The summed E-state index contributed by atoms with van der Waals surface area (Å²) in [7, 11) is 3.45. The van der Waals surface area contributed by atoms with Crippen LogP contribution >= 0.6 is 24.0 Å². The van der Waals surface area contributed by atoms with Crippen molar-refractivity contribution in [3.05, 3.63) is 40.7 Å². The van der Waals surface area contributed by atoms with Crippen LogP contribution in [0.2, 0.25) is 0 Å². The van der Waals surface area contributed by atoms with E-state index in [1.165, 1.54) is 18.7 Å². The lowest BCUT2D eigenvalue weighted by molar-refractivity contribution is -0.0504. The van der Waals surface area contributed by atoms with E-state index in [0.717, 1.165) is 17.8 Å². The van der Waals surface area contributed by atoms with Crippen molar-refractivity contribution in [1.82, 2.24) is 20.4 Å². The maximum Gasteiger partial charge on any atom is 0.387 e. The van der Waals surface area contributed by atoms with Crippen LogP contribution in [0.1, 0.15) is 29.4 Å². The number of alkyl halides is 2. The molecule has 1 heterocycles. The Balaban J connectivity index is 0.00000450. The lowest BCUT2D eigenvalue weighted by Gasteiger charge is -2.14. The number of hydrogen-bond acceptors (Lipinski definition) is 4. The molecule has 168 valence electrons. The first-order valence-electron chi connectivity index (χ1n) is 9.48. The summed E-state index contributed by atoms with van der Waals surface area (Å²) < 4.78 is 37.0. The van der Waals surface area contributed by atoms with Crippen LogP contribution in [0.3, 0.4) is 0 Å². The summed E-state index contributed by atoms with van der Waals surface area (Å²) in [5.74, 6) is 1.23. The molecule has 0 amide bonds. The fraction of sp³-hybridized carbons (Fsp3) is 0.500. The van der Waals surface area contributed by atoms with E-state index in [1.54, 1.807) is 12.1 Å². The Hall–Kier alpha value is -2.11. The summed E-state index contributed by atoms with van der Waals surface area (Å²) in [6.45, 7) is 4.61. The van der Waals surface area contributed by atoms with Crippen molar-refractivity contribution in [3.63, 3.8) is 0 Å². The maximum atomic E-state index is 12.7. The van der Waals surface area contributed by atoms with Gasteiger partial charge in [0.15, 0.2) is 5.96 Å². The van der Waals surface area contributed by atoms with Crippen molar-refractivity contribution in [3.8, 4) is 11.5 Å². The highest BCUT2D eigenvalue weighted by molar-refractivity contribution is 14.0. The average Bonchev–Trinajstić information content (AvgIpc) is 2.92. The Morgan fingerprint density at radius 3 is 2.57 bits per heavy atom. The van der Waals surface area contributed by atoms with Gasteiger partial charge in [-0.2, -0.15) is 13.9 Å². The van der Waals surface area contributed by atoms with Gasteiger partial charge in [0, 0.05) is 31.4 Å². The minimum atomic E-state index is -2.90. The molecule has 10 heteroatoms. The van der Waals surface area contributed by atoms with E-state index in [4.69, 9.17) is 4.74 Å². The maximum absolute atomic E-state index is 12.7. The Morgan fingerprint density at radius 1 is 1.27 bits per heavy atom. The number of aryl methyl sites for hydroxylation is 2. The van der Waals surface area contributed by atoms with Crippen molar-refractivity contribution in [2.24, 2.45) is 12.0 Å². The van der Waals surface area contributed by atoms with Crippen molar-refractivity contribution in [1.29, 1.82) is 0 Å². The largest absolute Gasteiger partial charge is 0.497 e. The average molecular weight is 537 g/mol. The van der Waals surface area contributed by atoms with Gasteiger partial charge in [-0.25, -0.2) is 4.99 Å². The smallest absolute Gasteiger partial charge is 0.387 e. The van der Waals surface area contributed by atoms with Gasteiger partial charge in [-0.1, -0.05) is 0 Å². The first-order valence-corrected chi connectivity index (χ1v) is 9.48. The zero-order valence-electron chi connectivity index (χ0n) is 18.0. The number of hydrogen-bond donors (Lipinski definition) is 2. The van der Waals surface area contributed by atoms with Crippen LogP contribution in [0.15, 0.2) is 23.2 Å². The minimum absolute atomic E-state index is 0. The Kier molecular flexibility index (Phi) is 10.8. The number of aliphatic imine (C=N–C) groups is 1. The highest BCUT2D eigenvalue weighted by atomic mass is 127. The van der Waals surface area contributed by atoms with Crippen LogP contribution in [0.4, 0.5) is 8.78 Å². The molecule has 0 aliphatic carbocycles. The SMILES string of the molecule is CCNC(=NCc1cc(OC)ccc1OC(F)F)NCCc1c(C)nn(C)c1C.I. The lowest BCUT2D eigenvalue weighted by Crippen LogP contribution is -2.38. The van der Waals surface area contributed by atoms with Crippen LogP contribution in [-0.4, -0.2) is 42.6 Å². The van der Waals surface area contributed by atoms with Crippen molar-refractivity contribution >= 4 is 29.9 Å². The summed E-state index contributed by atoms with van der Waals surface area (Å²) in [5, 5.41) is 10.9. The van der Waals surface area contributed by atoms with Crippen LogP contribution < -0.4 is 20.1 Å². The van der Waals surface area contributed by atoms with Gasteiger partial charge in [-0.05, 0) is 51.0 Å². The first kappa shape index (κ1) is 25.9. The zero-order valence-corrected chi connectivity index (χ0v) is 20.3. The molecule has 2 N–H and O–H groups in total. The number of aromatic nitrogens is 2. The van der Waals surface area contributed by atoms with Gasteiger partial charge in [0.25, 0.3) is 0 Å². The topological polar surface area (TPSA) is 72.7 Å². The Labute approximate surface area is 193 Å². The number of benzene rings is 1. The summed E-state index contributed by atoms with van der Waals surface area (Å²) in [5.41, 5.74) is 3.87. The fourth-order valence-corrected chi connectivity index (χ4v) is 3.01. The molecule has 0 fully saturated rings. The summed E-state index contributed by atoms with van der Waals surface area (Å²) in [6.07, 6.45) is 0.800. The van der Waals surface area contributed by atoms with E-state index in [0.29, 0.717) is 30.4 Å². The van der Waals surface area contributed by atoms with E-state index < -0.39 is 6.61 Å². The number of methoxy groups -OCH3 is 1. The third-order valence-corrected chi connectivity index (χ3v) is 4.56. The van der Waals surface area contributed by atoms with Gasteiger partial charge in [-0.15, -0.1) is 24.0 Å². The van der Waals surface area contributed by atoms with Crippen LogP contribution in [-0.2, 0) is 20.0 Å². The third kappa shape index (κ3) is 7.29. The van der Waals surface area contributed by atoms with Crippen molar-refractivity contribution in [2.45, 2.75) is 40.3 Å². The molecule has 1 aromatic heterocycles. The number of nitrogens with one attached hydrogen (secondary N) is 2. The zero-order chi connectivity index (χ0) is 21.4.